The highest BCUT2D eigenvalue weighted by atomic mass is 19.4. The molecule has 5 heteroatoms. The molecular weight excluding hydrogens is 231 g/mol. The summed E-state index contributed by atoms with van der Waals surface area (Å²) in [6, 6.07) is 6.36. The molecular formula is C12H12F3NO. The topological polar surface area (TPSA) is 21.3 Å². The molecule has 2 aliphatic rings. The normalized spacial score (nSPS) is 31.1. The summed E-state index contributed by atoms with van der Waals surface area (Å²) in [7, 11) is 0. The molecule has 1 aliphatic heterocycles. The molecule has 1 heterocycles. The molecule has 0 radical (unpaired) electrons. The maximum atomic E-state index is 12.1. The van der Waals surface area contributed by atoms with Crippen molar-refractivity contribution in [3.8, 4) is 5.75 Å². The summed E-state index contributed by atoms with van der Waals surface area (Å²) in [5.74, 6) is 1.48. The second kappa shape index (κ2) is 3.63. The van der Waals surface area contributed by atoms with Gasteiger partial charge in [-0.05, 0) is 48.5 Å². The standard InChI is InChI=1S/C12H12F3NO/c13-12(14,15)17-8-3-1-2-7(4-8)11-9-5-16-6-10(9)11/h1-4,9-11,16H,5-6H2. The molecule has 1 saturated heterocycles. The summed E-state index contributed by atoms with van der Waals surface area (Å²) >= 11 is 0. The lowest BCUT2D eigenvalue weighted by Gasteiger charge is -2.10. The van der Waals surface area contributed by atoms with Crippen LogP contribution in [0.2, 0.25) is 0 Å². The molecule has 3 rings (SSSR count). The van der Waals surface area contributed by atoms with Crippen LogP contribution in [0.15, 0.2) is 24.3 Å². The highest BCUT2D eigenvalue weighted by Gasteiger charge is 2.53. The zero-order valence-corrected chi connectivity index (χ0v) is 9.00. The number of rotatable bonds is 2. The highest BCUT2D eigenvalue weighted by Crippen LogP contribution is 2.56. The summed E-state index contributed by atoms with van der Waals surface area (Å²) < 4.78 is 40.2. The first-order valence-electron chi connectivity index (χ1n) is 5.61. The summed E-state index contributed by atoms with van der Waals surface area (Å²) in [6.07, 6.45) is -4.61. The van der Waals surface area contributed by atoms with E-state index in [0.717, 1.165) is 18.7 Å². The molecule has 2 atom stereocenters. The zero-order valence-electron chi connectivity index (χ0n) is 9.00. The Morgan fingerprint density at radius 1 is 1.18 bits per heavy atom. The molecule has 2 nitrogen and oxygen atoms in total. The van der Waals surface area contributed by atoms with E-state index in [0.29, 0.717) is 17.8 Å². The fourth-order valence-corrected chi connectivity index (χ4v) is 2.83. The van der Waals surface area contributed by atoms with Crippen LogP contribution in [0.1, 0.15) is 11.5 Å². The first-order chi connectivity index (χ1) is 8.04. The van der Waals surface area contributed by atoms with Crippen molar-refractivity contribution in [1.29, 1.82) is 0 Å². The molecule has 1 aromatic carbocycles. The third kappa shape index (κ3) is 2.11. The van der Waals surface area contributed by atoms with Crippen LogP contribution in [0.5, 0.6) is 5.75 Å². The van der Waals surface area contributed by atoms with Crippen molar-refractivity contribution in [2.45, 2.75) is 12.3 Å². The Kier molecular flexibility index (Phi) is 2.33. The van der Waals surface area contributed by atoms with E-state index in [1.54, 1.807) is 6.07 Å². The Bertz CT molecular complexity index is 422. The molecule has 1 saturated carbocycles. The number of ether oxygens (including phenoxy) is 1. The monoisotopic (exact) mass is 243 g/mol. The minimum atomic E-state index is -4.61. The number of alkyl halides is 3. The predicted molar refractivity (Wildman–Crippen MR) is 55.7 cm³/mol. The van der Waals surface area contributed by atoms with Crippen LogP contribution in [-0.4, -0.2) is 19.5 Å². The van der Waals surface area contributed by atoms with Gasteiger partial charge in [-0.1, -0.05) is 12.1 Å². The molecule has 0 bridgehead atoms. The number of nitrogens with one attached hydrogen (secondary N) is 1. The van der Waals surface area contributed by atoms with Gasteiger partial charge >= 0.3 is 6.36 Å². The number of piperidine rings is 1. The van der Waals surface area contributed by atoms with Gasteiger partial charge in [0.1, 0.15) is 5.75 Å². The second-order valence-electron chi connectivity index (χ2n) is 4.63. The van der Waals surface area contributed by atoms with Gasteiger partial charge in [-0.3, -0.25) is 0 Å². The minimum Gasteiger partial charge on any atom is -0.406 e. The average Bonchev–Trinajstić information content (AvgIpc) is 2.70. The number of benzene rings is 1. The van der Waals surface area contributed by atoms with Gasteiger partial charge in [-0.2, -0.15) is 0 Å². The number of fused-ring (bicyclic) bond motifs is 1. The van der Waals surface area contributed by atoms with E-state index in [1.165, 1.54) is 12.1 Å². The molecule has 1 aliphatic carbocycles. The molecule has 0 amide bonds. The molecule has 1 aromatic rings. The van der Waals surface area contributed by atoms with Crippen molar-refractivity contribution in [3.05, 3.63) is 29.8 Å². The molecule has 1 N–H and O–H groups in total. The van der Waals surface area contributed by atoms with Crippen LogP contribution in [0.4, 0.5) is 13.2 Å². The molecule has 2 fully saturated rings. The fraction of sp³-hybridized carbons (Fsp3) is 0.500. The summed E-state index contributed by atoms with van der Waals surface area (Å²) in [5, 5.41) is 3.26. The lowest BCUT2D eigenvalue weighted by atomic mass is 10.1. The van der Waals surface area contributed by atoms with E-state index in [1.807, 2.05) is 6.07 Å². The fourth-order valence-electron chi connectivity index (χ4n) is 2.83. The van der Waals surface area contributed by atoms with Gasteiger partial charge in [0.2, 0.25) is 0 Å². The molecule has 0 aromatic heterocycles. The third-order valence-electron chi connectivity index (χ3n) is 3.57. The van der Waals surface area contributed by atoms with Crippen molar-refractivity contribution < 1.29 is 17.9 Å². The first-order valence-corrected chi connectivity index (χ1v) is 5.61. The van der Waals surface area contributed by atoms with Crippen molar-refractivity contribution in [3.63, 3.8) is 0 Å². The van der Waals surface area contributed by atoms with Crippen LogP contribution >= 0.6 is 0 Å². The van der Waals surface area contributed by atoms with E-state index in [9.17, 15) is 13.2 Å². The minimum absolute atomic E-state index is 0.118. The Labute approximate surface area is 96.8 Å². The van der Waals surface area contributed by atoms with Gasteiger partial charge < -0.3 is 10.1 Å². The van der Waals surface area contributed by atoms with Crippen molar-refractivity contribution in [2.24, 2.45) is 11.8 Å². The lowest BCUT2D eigenvalue weighted by molar-refractivity contribution is -0.274. The average molecular weight is 243 g/mol. The van der Waals surface area contributed by atoms with Gasteiger partial charge in [0.25, 0.3) is 0 Å². The van der Waals surface area contributed by atoms with Gasteiger partial charge in [-0.25, -0.2) is 0 Å². The van der Waals surface area contributed by atoms with E-state index in [4.69, 9.17) is 0 Å². The summed E-state index contributed by atoms with van der Waals surface area (Å²) in [4.78, 5) is 0. The summed E-state index contributed by atoms with van der Waals surface area (Å²) in [5.41, 5.74) is 0.961. The van der Waals surface area contributed by atoms with Crippen LogP contribution in [0.3, 0.4) is 0 Å². The highest BCUT2D eigenvalue weighted by molar-refractivity contribution is 5.36. The van der Waals surface area contributed by atoms with Crippen molar-refractivity contribution >= 4 is 0 Å². The Hall–Kier alpha value is -1.23. The van der Waals surface area contributed by atoms with Crippen LogP contribution < -0.4 is 10.1 Å². The van der Waals surface area contributed by atoms with Crippen molar-refractivity contribution in [2.75, 3.05) is 13.1 Å². The van der Waals surface area contributed by atoms with Crippen molar-refractivity contribution in [1.82, 2.24) is 5.32 Å². The first kappa shape index (κ1) is 10.9. The van der Waals surface area contributed by atoms with Crippen LogP contribution in [-0.2, 0) is 0 Å². The maximum absolute atomic E-state index is 12.1. The second-order valence-corrected chi connectivity index (χ2v) is 4.63. The summed E-state index contributed by atoms with van der Waals surface area (Å²) in [6.45, 7) is 1.94. The largest absolute Gasteiger partial charge is 0.573 e. The van der Waals surface area contributed by atoms with E-state index < -0.39 is 6.36 Å². The quantitative estimate of drug-likeness (QED) is 0.861. The van der Waals surface area contributed by atoms with Gasteiger partial charge in [0.15, 0.2) is 0 Å². The van der Waals surface area contributed by atoms with E-state index in [2.05, 4.69) is 10.1 Å². The van der Waals surface area contributed by atoms with E-state index >= 15 is 0 Å². The molecule has 17 heavy (non-hydrogen) atoms. The smallest absolute Gasteiger partial charge is 0.406 e. The van der Waals surface area contributed by atoms with E-state index in [-0.39, 0.29) is 5.75 Å². The SMILES string of the molecule is FC(F)(F)Oc1cccc(C2C3CNCC32)c1. The molecule has 2 unspecified atom stereocenters. The molecule has 92 valence electrons. The van der Waals surface area contributed by atoms with Gasteiger partial charge in [0.05, 0.1) is 0 Å². The Morgan fingerprint density at radius 2 is 1.88 bits per heavy atom. The van der Waals surface area contributed by atoms with Gasteiger partial charge in [-0.15, -0.1) is 13.2 Å². The maximum Gasteiger partial charge on any atom is 0.573 e. The third-order valence-corrected chi connectivity index (χ3v) is 3.57. The number of hydrogen-bond donors (Lipinski definition) is 1. The lowest BCUT2D eigenvalue weighted by Crippen LogP contribution is -2.17. The predicted octanol–water partition coefficient (Wildman–Crippen LogP) is 2.52. The van der Waals surface area contributed by atoms with Crippen LogP contribution in [0, 0.1) is 11.8 Å². The number of hydrogen-bond acceptors (Lipinski definition) is 2. The molecule has 0 spiro atoms. The number of halogens is 3. The Balaban J connectivity index is 1.76. The van der Waals surface area contributed by atoms with Gasteiger partial charge in [0, 0.05) is 0 Å². The zero-order chi connectivity index (χ0) is 12.0. The van der Waals surface area contributed by atoms with Crippen LogP contribution in [0.25, 0.3) is 0 Å². The Morgan fingerprint density at radius 3 is 2.53 bits per heavy atom.